The van der Waals surface area contributed by atoms with Gasteiger partial charge in [-0.2, -0.15) is 0 Å². The second kappa shape index (κ2) is 4.05. The van der Waals surface area contributed by atoms with Gasteiger partial charge in [0.1, 0.15) is 5.83 Å². The Morgan fingerprint density at radius 1 is 1.44 bits per heavy atom. The van der Waals surface area contributed by atoms with Crippen LogP contribution in [0.2, 0.25) is 0 Å². The quantitative estimate of drug-likeness (QED) is 0.570. The molecular formula is C13H11ClFNO2. The van der Waals surface area contributed by atoms with E-state index in [0.717, 1.165) is 18.5 Å². The Morgan fingerprint density at radius 2 is 2.17 bits per heavy atom. The SMILES string of the molecule is O=CC1=CN(C2CC2)C2=CC(Cl)=C(F)CC2C1=O. The van der Waals surface area contributed by atoms with Gasteiger partial charge in [-0.1, -0.05) is 11.6 Å². The van der Waals surface area contributed by atoms with Crippen molar-refractivity contribution in [2.24, 2.45) is 5.92 Å². The van der Waals surface area contributed by atoms with Crippen LogP contribution in [0.25, 0.3) is 0 Å². The zero-order chi connectivity index (χ0) is 12.9. The molecule has 0 N–H and O–H groups in total. The number of nitrogens with zero attached hydrogens (tertiary/aromatic N) is 1. The van der Waals surface area contributed by atoms with Gasteiger partial charge in [0.25, 0.3) is 0 Å². The molecule has 5 heteroatoms. The van der Waals surface area contributed by atoms with E-state index in [0.29, 0.717) is 12.3 Å². The molecule has 0 spiro atoms. The van der Waals surface area contributed by atoms with Crippen LogP contribution in [0, 0.1) is 5.92 Å². The smallest absolute Gasteiger partial charge is 0.176 e. The van der Waals surface area contributed by atoms with Crippen LogP contribution in [-0.4, -0.2) is 23.0 Å². The summed E-state index contributed by atoms with van der Waals surface area (Å²) in [4.78, 5) is 24.9. The van der Waals surface area contributed by atoms with E-state index in [9.17, 15) is 14.0 Å². The summed E-state index contributed by atoms with van der Waals surface area (Å²) in [6.07, 6.45) is 5.63. The summed E-state index contributed by atoms with van der Waals surface area (Å²) in [5.41, 5.74) is 0.842. The molecule has 1 atom stereocenters. The van der Waals surface area contributed by atoms with Crippen molar-refractivity contribution in [3.05, 3.63) is 34.4 Å². The minimum atomic E-state index is -0.599. The van der Waals surface area contributed by atoms with Crippen LogP contribution < -0.4 is 0 Å². The first-order chi connectivity index (χ1) is 8.61. The molecule has 1 saturated carbocycles. The number of rotatable bonds is 2. The molecule has 3 nitrogen and oxygen atoms in total. The molecule has 3 rings (SSSR count). The lowest BCUT2D eigenvalue weighted by Gasteiger charge is -2.35. The van der Waals surface area contributed by atoms with Gasteiger partial charge < -0.3 is 4.90 Å². The Balaban J connectivity index is 2.07. The van der Waals surface area contributed by atoms with Crippen LogP contribution in [-0.2, 0) is 9.59 Å². The maximum Gasteiger partial charge on any atom is 0.176 e. The van der Waals surface area contributed by atoms with Crippen molar-refractivity contribution in [3.8, 4) is 0 Å². The third kappa shape index (κ3) is 1.72. The number of allylic oxidation sites excluding steroid dienone is 5. The lowest BCUT2D eigenvalue weighted by molar-refractivity contribution is -0.121. The minimum absolute atomic E-state index is 0.0437. The van der Waals surface area contributed by atoms with Crippen molar-refractivity contribution in [3.63, 3.8) is 0 Å². The van der Waals surface area contributed by atoms with Gasteiger partial charge in [0.2, 0.25) is 0 Å². The van der Waals surface area contributed by atoms with Gasteiger partial charge in [-0.3, -0.25) is 9.59 Å². The fourth-order valence-corrected chi connectivity index (χ4v) is 2.61. The van der Waals surface area contributed by atoms with E-state index >= 15 is 0 Å². The van der Waals surface area contributed by atoms with Gasteiger partial charge in [-0.05, 0) is 18.9 Å². The van der Waals surface area contributed by atoms with Crippen LogP contribution in [0.4, 0.5) is 4.39 Å². The molecular weight excluding hydrogens is 257 g/mol. The average Bonchev–Trinajstić information content (AvgIpc) is 3.17. The number of halogens is 2. The van der Waals surface area contributed by atoms with E-state index < -0.39 is 11.7 Å². The highest BCUT2D eigenvalue weighted by atomic mass is 35.5. The number of hydrogen-bond donors (Lipinski definition) is 0. The first-order valence-corrected chi connectivity index (χ1v) is 6.25. The van der Waals surface area contributed by atoms with Gasteiger partial charge in [-0.25, -0.2) is 4.39 Å². The van der Waals surface area contributed by atoms with Crippen molar-refractivity contribution in [2.45, 2.75) is 25.3 Å². The van der Waals surface area contributed by atoms with Crippen molar-refractivity contribution in [2.75, 3.05) is 0 Å². The Bertz CT molecular complexity index is 531. The summed E-state index contributed by atoms with van der Waals surface area (Å²) >= 11 is 5.80. The molecule has 94 valence electrons. The van der Waals surface area contributed by atoms with E-state index in [1.54, 1.807) is 6.20 Å². The standard InChI is InChI=1S/C13H11ClFNO2/c14-10-4-12-9(3-11(10)15)13(18)7(6-17)5-16(12)8-1-2-8/h4-6,8-9H,1-3H2. The zero-order valence-corrected chi connectivity index (χ0v) is 10.3. The lowest BCUT2D eigenvalue weighted by atomic mass is 9.85. The molecule has 0 amide bonds. The van der Waals surface area contributed by atoms with Gasteiger partial charge in [0.05, 0.1) is 16.5 Å². The number of ketones is 1. The predicted octanol–water partition coefficient (Wildman–Crippen LogP) is 2.44. The molecule has 1 aliphatic heterocycles. The van der Waals surface area contributed by atoms with Gasteiger partial charge in [-0.15, -0.1) is 0 Å². The Kier molecular flexibility index (Phi) is 2.63. The van der Waals surface area contributed by atoms with E-state index in [1.165, 1.54) is 6.08 Å². The number of fused-ring (bicyclic) bond motifs is 1. The molecule has 0 aromatic rings. The fourth-order valence-electron chi connectivity index (χ4n) is 2.42. The Labute approximate surface area is 109 Å². The zero-order valence-electron chi connectivity index (χ0n) is 9.53. The third-order valence-electron chi connectivity index (χ3n) is 3.52. The number of carbonyl (C=O) groups is 2. The molecule has 0 radical (unpaired) electrons. The molecule has 1 heterocycles. The molecule has 0 saturated heterocycles. The van der Waals surface area contributed by atoms with Crippen molar-refractivity contribution >= 4 is 23.7 Å². The number of carbonyl (C=O) groups excluding carboxylic acids is 2. The highest BCUT2D eigenvalue weighted by Crippen LogP contribution is 2.42. The van der Waals surface area contributed by atoms with Gasteiger partial charge in [0, 0.05) is 24.4 Å². The van der Waals surface area contributed by atoms with E-state index in [2.05, 4.69) is 0 Å². The molecule has 3 aliphatic rings. The molecule has 0 aromatic heterocycles. The largest absolute Gasteiger partial charge is 0.347 e. The second-order valence-corrected chi connectivity index (χ2v) is 5.19. The highest BCUT2D eigenvalue weighted by molar-refractivity contribution is 6.31. The highest BCUT2D eigenvalue weighted by Gasteiger charge is 2.41. The first-order valence-electron chi connectivity index (χ1n) is 5.87. The van der Waals surface area contributed by atoms with Crippen LogP contribution in [0.5, 0.6) is 0 Å². The molecule has 0 aromatic carbocycles. The predicted molar refractivity (Wildman–Crippen MR) is 64.2 cm³/mol. The first kappa shape index (κ1) is 11.7. The number of aldehydes is 1. The molecule has 18 heavy (non-hydrogen) atoms. The minimum Gasteiger partial charge on any atom is -0.347 e. The van der Waals surface area contributed by atoms with Crippen LogP contribution in [0.3, 0.4) is 0 Å². The molecule has 1 fully saturated rings. The number of Topliss-reactive ketones (excluding diaryl/α,β-unsaturated/α-hetero) is 1. The maximum atomic E-state index is 13.5. The third-order valence-corrected chi connectivity index (χ3v) is 3.83. The summed E-state index contributed by atoms with van der Waals surface area (Å²) in [7, 11) is 0. The monoisotopic (exact) mass is 267 g/mol. The fraction of sp³-hybridized carbons (Fsp3) is 0.385. The average molecular weight is 268 g/mol. The van der Waals surface area contributed by atoms with E-state index in [4.69, 9.17) is 11.6 Å². The van der Waals surface area contributed by atoms with Gasteiger partial charge in [0.15, 0.2) is 12.1 Å². The lowest BCUT2D eigenvalue weighted by Crippen LogP contribution is -2.37. The van der Waals surface area contributed by atoms with Crippen molar-refractivity contribution in [1.29, 1.82) is 0 Å². The maximum absolute atomic E-state index is 13.5. The topological polar surface area (TPSA) is 37.4 Å². The molecule has 1 unspecified atom stereocenters. The number of hydrogen-bond acceptors (Lipinski definition) is 3. The summed E-state index contributed by atoms with van der Waals surface area (Å²) in [6, 6.07) is 0.312. The molecule has 0 bridgehead atoms. The summed E-state index contributed by atoms with van der Waals surface area (Å²) in [6.45, 7) is 0. The van der Waals surface area contributed by atoms with Crippen LogP contribution in [0.15, 0.2) is 34.4 Å². The van der Waals surface area contributed by atoms with E-state index in [1.807, 2.05) is 4.90 Å². The normalized spacial score (nSPS) is 27.8. The van der Waals surface area contributed by atoms with Crippen molar-refractivity contribution in [1.82, 2.24) is 4.90 Å². The van der Waals surface area contributed by atoms with E-state index in [-0.39, 0.29) is 22.8 Å². The molecule has 2 aliphatic carbocycles. The van der Waals surface area contributed by atoms with Crippen LogP contribution in [0.1, 0.15) is 19.3 Å². The summed E-state index contributed by atoms with van der Waals surface area (Å²) in [5, 5.41) is 0.0580. The summed E-state index contributed by atoms with van der Waals surface area (Å²) in [5.74, 6) is -1.40. The Morgan fingerprint density at radius 3 is 2.78 bits per heavy atom. The van der Waals surface area contributed by atoms with Crippen LogP contribution >= 0.6 is 11.6 Å². The summed E-state index contributed by atoms with van der Waals surface area (Å²) < 4.78 is 13.5. The second-order valence-electron chi connectivity index (χ2n) is 4.78. The Hall–Kier alpha value is -1.42. The van der Waals surface area contributed by atoms with Crippen molar-refractivity contribution < 1.29 is 14.0 Å². The van der Waals surface area contributed by atoms with Gasteiger partial charge >= 0.3 is 0 Å².